The summed E-state index contributed by atoms with van der Waals surface area (Å²) in [7, 11) is 0. The van der Waals surface area contributed by atoms with Crippen LogP contribution in [-0.4, -0.2) is 6.54 Å². The summed E-state index contributed by atoms with van der Waals surface area (Å²) in [5, 5.41) is 0. The van der Waals surface area contributed by atoms with Crippen LogP contribution in [0.15, 0.2) is 12.7 Å². The van der Waals surface area contributed by atoms with Crippen LogP contribution in [0.4, 0.5) is 0 Å². The van der Waals surface area contributed by atoms with Gasteiger partial charge in [-0.15, -0.1) is 6.58 Å². The maximum atomic E-state index is 6.37. The van der Waals surface area contributed by atoms with E-state index in [1.165, 1.54) is 0 Å². The van der Waals surface area contributed by atoms with Gasteiger partial charge in [-0.2, -0.15) is 0 Å². The Morgan fingerprint density at radius 1 is 1.71 bits per heavy atom. The third-order valence-corrected chi connectivity index (χ3v) is 0.678. The SMILES string of the molecule is [C-]#[N+]CCCC=C. The van der Waals surface area contributed by atoms with E-state index in [1.807, 2.05) is 6.08 Å². The van der Waals surface area contributed by atoms with Crippen LogP contribution in [0, 0.1) is 6.57 Å². The standard InChI is InChI=1S/C6H9N/c1-3-4-5-6-7-2/h3H,1,4-6H2. The molecule has 0 aliphatic carbocycles. The van der Waals surface area contributed by atoms with Gasteiger partial charge < -0.3 is 4.85 Å². The Hall–Kier alpha value is -0.770. The first-order valence-corrected chi connectivity index (χ1v) is 2.36. The fourth-order valence-electron chi connectivity index (χ4n) is 0.315. The minimum atomic E-state index is 0.645. The molecular weight excluding hydrogens is 86.1 g/mol. The third-order valence-electron chi connectivity index (χ3n) is 0.678. The van der Waals surface area contributed by atoms with Crippen molar-refractivity contribution in [2.45, 2.75) is 12.8 Å². The lowest BCUT2D eigenvalue weighted by Gasteiger charge is -1.78. The molecule has 38 valence electrons. The van der Waals surface area contributed by atoms with Crippen LogP contribution in [0.25, 0.3) is 4.85 Å². The van der Waals surface area contributed by atoms with Gasteiger partial charge in [0.25, 0.3) is 0 Å². The first kappa shape index (κ1) is 6.23. The van der Waals surface area contributed by atoms with E-state index in [0.29, 0.717) is 6.54 Å². The van der Waals surface area contributed by atoms with Crippen LogP contribution in [0.1, 0.15) is 12.8 Å². The highest BCUT2D eigenvalue weighted by molar-refractivity contribution is 4.69. The molecule has 0 aromatic carbocycles. The fraction of sp³-hybridized carbons (Fsp3) is 0.500. The van der Waals surface area contributed by atoms with Gasteiger partial charge in [-0.3, -0.25) is 0 Å². The van der Waals surface area contributed by atoms with E-state index in [1.54, 1.807) is 0 Å². The third kappa shape index (κ3) is 5.23. The Morgan fingerprint density at radius 3 is 2.86 bits per heavy atom. The largest absolute Gasteiger partial charge is 0.317 e. The molecule has 0 aliphatic rings. The lowest BCUT2D eigenvalue weighted by Crippen LogP contribution is -1.71. The van der Waals surface area contributed by atoms with Gasteiger partial charge >= 0.3 is 0 Å². The van der Waals surface area contributed by atoms with Crippen LogP contribution in [0.2, 0.25) is 0 Å². The zero-order valence-corrected chi connectivity index (χ0v) is 4.35. The van der Waals surface area contributed by atoms with Crippen molar-refractivity contribution in [1.29, 1.82) is 0 Å². The molecule has 0 fully saturated rings. The Labute approximate surface area is 44.5 Å². The average molecular weight is 95.1 g/mol. The van der Waals surface area contributed by atoms with Crippen LogP contribution in [-0.2, 0) is 0 Å². The van der Waals surface area contributed by atoms with Crippen molar-refractivity contribution in [3.05, 3.63) is 24.1 Å². The predicted molar refractivity (Wildman–Crippen MR) is 30.9 cm³/mol. The first-order chi connectivity index (χ1) is 3.41. The number of hydrogen-bond acceptors (Lipinski definition) is 0. The van der Waals surface area contributed by atoms with Gasteiger partial charge in [-0.25, -0.2) is 6.57 Å². The number of unbranched alkanes of at least 4 members (excludes halogenated alkanes) is 1. The summed E-state index contributed by atoms with van der Waals surface area (Å²) in [6.07, 6.45) is 3.78. The van der Waals surface area contributed by atoms with Gasteiger partial charge in [0.15, 0.2) is 0 Å². The number of allylic oxidation sites excluding steroid dienone is 1. The van der Waals surface area contributed by atoms with Crippen molar-refractivity contribution < 1.29 is 0 Å². The number of hydrogen-bond donors (Lipinski definition) is 0. The van der Waals surface area contributed by atoms with E-state index in [0.717, 1.165) is 12.8 Å². The molecule has 0 bridgehead atoms. The van der Waals surface area contributed by atoms with Crippen molar-refractivity contribution in [2.24, 2.45) is 0 Å². The lowest BCUT2D eigenvalue weighted by molar-refractivity contribution is 0.925. The normalized spacial score (nSPS) is 7.29. The molecule has 7 heavy (non-hydrogen) atoms. The molecule has 0 heterocycles. The first-order valence-electron chi connectivity index (χ1n) is 2.36. The zero-order valence-electron chi connectivity index (χ0n) is 4.35. The molecule has 1 nitrogen and oxygen atoms in total. The second kappa shape index (κ2) is 5.23. The Balaban J connectivity index is 2.72. The molecule has 0 aromatic rings. The minimum absolute atomic E-state index is 0.645. The van der Waals surface area contributed by atoms with Crippen molar-refractivity contribution in [1.82, 2.24) is 0 Å². The molecule has 0 atom stereocenters. The van der Waals surface area contributed by atoms with Crippen molar-refractivity contribution in [3.63, 3.8) is 0 Å². The summed E-state index contributed by atoms with van der Waals surface area (Å²) < 4.78 is 0. The highest BCUT2D eigenvalue weighted by Gasteiger charge is 1.80. The second-order valence-electron chi connectivity index (χ2n) is 1.31. The number of rotatable bonds is 3. The molecule has 0 saturated carbocycles. The smallest absolute Gasteiger partial charge is 0.215 e. The molecule has 0 unspecified atom stereocenters. The van der Waals surface area contributed by atoms with Crippen molar-refractivity contribution >= 4 is 0 Å². The Bertz CT molecular complexity index is 78.7. The van der Waals surface area contributed by atoms with Crippen molar-refractivity contribution in [3.8, 4) is 0 Å². The van der Waals surface area contributed by atoms with Gasteiger partial charge in [-0.1, -0.05) is 6.08 Å². The summed E-state index contributed by atoms with van der Waals surface area (Å²) in [6, 6.07) is 0. The summed E-state index contributed by atoms with van der Waals surface area (Å²) in [4.78, 5) is 3.18. The fourth-order valence-corrected chi connectivity index (χ4v) is 0.315. The molecular formula is C6H9N. The molecule has 0 radical (unpaired) electrons. The molecule has 0 aliphatic heterocycles. The topological polar surface area (TPSA) is 4.36 Å². The monoisotopic (exact) mass is 95.1 g/mol. The maximum absolute atomic E-state index is 6.37. The molecule has 1 heteroatoms. The van der Waals surface area contributed by atoms with Crippen LogP contribution >= 0.6 is 0 Å². The summed E-state index contributed by atoms with van der Waals surface area (Å²) in [5.74, 6) is 0. The summed E-state index contributed by atoms with van der Waals surface area (Å²) >= 11 is 0. The van der Waals surface area contributed by atoms with Gasteiger partial charge in [0, 0.05) is 6.42 Å². The number of nitrogens with zero attached hydrogens (tertiary/aromatic N) is 1. The Morgan fingerprint density at radius 2 is 2.43 bits per heavy atom. The van der Waals surface area contributed by atoms with E-state index in [2.05, 4.69) is 11.4 Å². The van der Waals surface area contributed by atoms with E-state index in [4.69, 9.17) is 6.57 Å². The van der Waals surface area contributed by atoms with Gasteiger partial charge in [-0.05, 0) is 6.42 Å². The Kier molecular flexibility index (Phi) is 4.65. The highest BCUT2D eigenvalue weighted by atomic mass is 14.6. The van der Waals surface area contributed by atoms with E-state index < -0.39 is 0 Å². The quantitative estimate of drug-likeness (QED) is 0.286. The van der Waals surface area contributed by atoms with Crippen LogP contribution < -0.4 is 0 Å². The molecule has 0 amide bonds. The van der Waals surface area contributed by atoms with Gasteiger partial charge in [0.05, 0.1) is 0 Å². The minimum Gasteiger partial charge on any atom is -0.317 e. The molecule has 0 spiro atoms. The predicted octanol–water partition coefficient (Wildman–Crippen LogP) is 1.87. The highest BCUT2D eigenvalue weighted by Crippen LogP contribution is 1.87. The van der Waals surface area contributed by atoms with E-state index in [-0.39, 0.29) is 0 Å². The molecule has 0 N–H and O–H groups in total. The summed E-state index contributed by atoms with van der Waals surface area (Å²) in [5.41, 5.74) is 0. The van der Waals surface area contributed by atoms with Gasteiger partial charge in [0.2, 0.25) is 6.54 Å². The molecule has 0 aromatic heterocycles. The zero-order chi connectivity index (χ0) is 5.54. The van der Waals surface area contributed by atoms with E-state index in [9.17, 15) is 0 Å². The van der Waals surface area contributed by atoms with Crippen molar-refractivity contribution in [2.75, 3.05) is 6.54 Å². The molecule has 0 rings (SSSR count). The van der Waals surface area contributed by atoms with Crippen LogP contribution in [0.3, 0.4) is 0 Å². The average Bonchev–Trinajstić information content (AvgIpc) is 1.69. The van der Waals surface area contributed by atoms with Crippen LogP contribution in [0.5, 0.6) is 0 Å². The second-order valence-corrected chi connectivity index (χ2v) is 1.31. The molecule has 0 saturated heterocycles. The van der Waals surface area contributed by atoms with Gasteiger partial charge in [0.1, 0.15) is 0 Å². The lowest BCUT2D eigenvalue weighted by atomic mass is 10.3. The summed E-state index contributed by atoms with van der Waals surface area (Å²) in [6.45, 7) is 10.5. The van der Waals surface area contributed by atoms with E-state index >= 15 is 0 Å². The maximum Gasteiger partial charge on any atom is 0.215 e.